The fourth-order valence-electron chi connectivity index (χ4n) is 4.75. The fourth-order valence-corrected chi connectivity index (χ4v) is 4.75. The van der Waals surface area contributed by atoms with Crippen molar-refractivity contribution in [3.05, 3.63) is 35.9 Å². The van der Waals surface area contributed by atoms with Gasteiger partial charge in [0.05, 0.1) is 19.3 Å². The van der Waals surface area contributed by atoms with E-state index in [1.54, 1.807) is 0 Å². The Labute approximate surface area is 208 Å². The van der Waals surface area contributed by atoms with E-state index < -0.39 is 6.10 Å². The number of hydrogen-bond acceptors (Lipinski definition) is 4. The van der Waals surface area contributed by atoms with Crippen LogP contribution in [0.1, 0.15) is 108 Å². The maximum atomic E-state index is 12.7. The first-order valence-corrected chi connectivity index (χ1v) is 14.0. The van der Waals surface area contributed by atoms with Crippen LogP contribution in [0.25, 0.3) is 0 Å². The summed E-state index contributed by atoms with van der Waals surface area (Å²) in [6, 6.07) is 9.35. The zero-order chi connectivity index (χ0) is 24.3. The van der Waals surface area contributed by atoms with Gasteiger partial charge in [0.1, 0.15) is 6.10 Å². The van der Waals surface area contributed by atoms with Gasteiger partial charge in [-0.15, -0.1) is 0 Å². The van der Waals surface area contributed by atoms with Crippen LogP contribution in [0.15, 0.2) is 30.3 Å². The van der Waals surface area contributed by atoms with Crippen molar-refractivity contribution < 1.29 is 14.6 Å². The number of aliphatic hydroxyl groups excluding tert-OH is 1. The maximum Gasteiger partial charge on any atom is 0.220 e. The number of hydrogen-bond donors (Lipinski definition) is 2. The average molecular weight is 475 g/mol. The highest BCUT2D eigenvalue weighted by molar-refractivity contribution is 5.76. The second-order valence-electron chi connectivity index (χ2n) is 9.94. The Hall–Kier alpha value is -1.43. The fraction of sp³-hybridized carbons (Fsp3) is 0.759. The van der Waals surface area contributed by atoms with Crippen molar-refractivity contribution in [2.75, 3.05) is 32.8 Å². The monoisotopic (exact) mass is 474 g/mol. The molecule has 2 unspecified atom stereocenters. The van der Waals surface area contributed by atoms with Crippen LogP contribution in [0.4, 0.5) is 0 Å². The Bertz CT molecular complexity index is 619. The van der Waals surface area contributed by atoms with Gasteiger partial charge in [0.25, 0.3) is 0 Å². The van der Waals surface area contributed by atoms with E-state index in [1.165, 1.54) is 70.6 Å². The topological polar surface area (TPSA) is 61.8 Å². The molecule has 0 spiro atoms. The molecule has 2 N–H and O–H groups in total. The molecule has 0 radical (unpaired) electrons. The third kappa shape index (κ3) is 12.9. The van der Waals surface area contributed by atoms with E-state index in [0.29, 0.717) is 26.2 Å². The first-order chi connectivity index (χ1) is 16.7. The second-order valence-corrected chi connectivity index (χ2v) is 9.94. The van der Waals surface area contributed by atoms with Gasteiger partial charge in [-0.2, -0.15) is 0 Å². The minimum absolute atomic E-state index is 0.0521. The van der Waals surface area contributed by atoms with E-state index in [1.807, 2.05) is 30.3 Å². The lowest BCUT2D eigenvalue weighted by atomic mass is 10.0. The summed E-state index contributed by atoms with van der Waals surface area (Å²) in [6.07, 6.45) is 16.8. The molecule has 1 fully saturated rings. The lowest BCUT2D eigenvalue weighted by Crippen LogP contribution is -2.49. The van der Waals surface area contributed by atoms with Crippen LogP contribution in [0.5, 0.6) is 0 Å². The molecule has 1 saturated heterocycles. The van der Waals surface area contributed by atoms with E-state index >= 15 is 0 Å². The number of carbonyl (C=O) groups is 1. The highest BCUT2D eigenvalue weighted by Gasteiger charge is 2.26. The quantitative estimate of drug-likeness (QED) is 0.241. The van der Waals surface area contributed by atoms with Crippen molar-refractivity contribution in [3.8, 4) is 0 Å². The van der Waals surface area contributed by atoms with E-state index in [-0.39, 0.29) is 11.9 Å². The molecule has 0 aromatic heterocycles. The summed E-state index contributed by atoms with van der Waals surface area (Å²) < 4.78 is 5.45. The predicted octanol–water partition coefficient (Wildman–Crippen LogP) is 6.02. The normalized spacial score (nSPS) is 16.3. The third-order valence-corrected chi connectivity index (χ3v) is 6.93. The zero-order valence-electron chi connectivity index (χ0n) is 21.7. The average Bonchev–Trinajstić information content (AvgIpc) is 2.87. The molecule has 2 rings (SSSR count). The first-order valence-electron chi connectivity index (χ1n) is 14.0. The van der Waals surface area contributed by atoms with Crippen LogP contribution in [-0.4, -0.2) is 54.8 Å². The van der Waals surface area contributed by atoms with Gasteiger partial charge in [-0.25, -0.2) is 0 Å². The number of carbonyl (C=O) groups excluding carboxylic acids is 1. The molecule has 0 saturated carbocycles. The molecule has 1 heterocycles. The number of rotatable bonds is 19. The van der Waals surface area contributed by atoms with E-state index in [4.69, 9.17) is 4.74 Å². The third-order valence-electron chi connectivity index (χ3n) is 6.93. The Morgan fingerprint density at radius 3 is 1.97 bits per heavy atom. The molecule has 1 aromatic rings. The van der Waals surface area contributed by atoms with Crippen molar-refractivity contribution in [3.63, 3.8) is 0 Å². The van der Waals surface area contributed by atoms with Gasteiger partial charge in [-0.1, -0.05) is 114 Å². The highest BCUT2D eigenvalue weighted by Crippen LogP contribution is 2.19. The number of unbranched alkanes of at least 4 members (excludes halogenated alkanes) is 12. The van der Waals surface area contributed by atoms with Crippen molar-refractivity contribution >= 4 is 5.91 Å². The summed E-state index contributed by atoms with van der Waals surface area (Å²) in [5, 5.41) is 14.1. The number of benzene rings is 1. The molecule has 1 aliphatic heterocycles. The largest absolute Gasteiger partial charge is 0.386 e. The van der Waals surface area contributed by atoms with Crippen molar-refractivity contribution in [2.24, 2.45) is 0 Å². The minimum Gasteiger partial charge on any atom is -0.386 e. The summed E-state index contributed by atoms with van der Waals surface area (Å²) in [5.74, 6) is 0.0521. The Kier molecular flexibility index (Phi) is 16.0. The summed E-state index contributed by atoms with van der Waals surface area (Å²) >= 11 is 0. The zero-order valence-corrected chi connectivity index (χ0v) is 21.7. The van der Waals surface area contributed by atoms with Gasteiger partial charge in [-0.05, 0) is 12.0 Å². The van der Waals surface area contributed by atoms with Crippen LogP contribution in [0.3, 0.4) is 0 Å². The summed E-state index contributed by atoms with van der Waals surface area (Å²) in [6.45, 7) is 6.01. The number of nitrogens with zero attached hydrogens (tertiary/aromatic N) is 1. The van der Waals surface area contributed by atoms with Gasteiger partial charge in [0.2, 0.25) is 5.91 Å². The molecule has 194 valence electrons. The van der Waals surface area contributed by atoms with Gasteiger partial charge in [0.15, 0.2) is 0 Å². The number of morpholine rings is 1. The molecule has 1 aromatic carbocycles. The Morgan fingerprint density at radius 1 is 0.882 bits per heavy atom. The summed E-state index contributed by atoms with van der Waals surface area (Å²) in [4.78, 5) is 14.9. The lowest BCUT2D eigenvalue weighted by molar-refractivity contribution is -0.123. The van der Waals surface area contributed by atoms with Crippen molar-refractivity contribution in [2.45, 2.75) is 109 Å². The Morgan fingerprint density at radius 2 is 1.41 bits per heavy atom. The lowest BCUT2D eigenvalue weighted by Gasteiger charge is -2.33. The van der Waals surface area contributed by atoms with Gasteiger partial charge < -0.3 is 15.2 Å². The summed E-state index contributed by atoms with van der Waals surface area (Å²) in [7, 11) is 0. The number of ether oxygens (including phenoxy) is 1. The van der Waals surface area contributed by atoms with Gasteiger partial charge in [-0.3, -0.25) is 9.69 Å². The number of aliphatic hydroxyl groups is 1. The molecule has 0 aliphatic carbocycles. The molecular weight excluding hydrogens is 424 g/mol. The molecule has 1 amide bonds. The van der Waals surface area contributed by atoms with Crippen molar-refractivity contribution in [1.82, 2.24) is 10.2 Å². The minimum atomic E-state index is -0.709. The molecule has 2 atom stereocenters. The summed E-state index contributed by atoms with van der Waals surface area (Å²) in [5.41, 5.74) is 0.849. The van der Waals surface area contributed by atoms with Crippen LogP contribution >= 0.6 is 0 Å². The number of nitrogens with one attached hydrogen (secondary N) is 1. The van der Waals surface area contributed by atoms with Gasteiger partial charge >= 0.3 is 0 Å². The predicted molar refractivity (Wildman–Crippen MR) is 141 cm³/mol. The Balaban J connectivity index is 1.59. The molecular formula is C29H50N2O3. The van der Waals surface area contributed by atoms with Crippen LogP contribution in [0, 0.1) is 0 Å². The van der Waals surface area contributed by atoms with Crippen LogP contribution < -0.4 is 5.32 Å². The van der Waals surface area contributed by atoms with Gasteiger partial charge in [0, 0.05) is 26.1 Å². The highest BCUT2D eigenvalue weighted by atomic mass is 16.5. The molecule has 34 heavy (non-hydrogen) atoms. The maximum absolute atomic E-state index is 12.7. The van der Waals surface area contributed by atoms with Crippen molar-refractivity contribution in [1.29, 1.82) is 0 Å². The van der Waals surface area contributed by atoms with E-state index in [9.17, 15) is 9.90 Å². The second kappa shape index (κ2) is 18.8. The van der Waals surface area contributed by atoms with E-state index in [0.717, 1.165) is 31.5 Å². The molecule has 1 aliphatic rings. The molecule has 5 nitrogen and oxygen atoms in total. The molecule has 5 heteroatoms. The SMILES string of the molecule is CCCCCCCCCCCCCCCC(=O)NC(CN1CCOCC1)C(O)c1ccccc1. The standard InChI is InChI=1S/C29H50N2O3/c1-2-3-4-5-6-7-8-9-10-11-12-13-17-20-28(32)30-27(25-31-21-23-34-24-22-31)29(33)26-18-15-14-16-19-26/h14-16,18-19,27,29,33H,2-13,17,20-25H2,1H3,(H,30,32). The van der Waals surface area contributed by atoms with Crippen LogP contribution in [0.2, 0.25) is 0 Å². The van der Waals surface area contributed by atoms with E-state index in [2.05, 4.69) is 17.1 Å². The number of amides is 1. The smallest absolute Gasteiger partial charge is 0.220 e. The first kappa shape index (κ1) is 28.8. The van der Waals surface area contributed by atoms with Crippen LogP contribution in [-0.2, 0) is 9.53 Å². The molecule has 0 bridgehead atoms.